The highest BCUT2D eigenvalue weighted by molar-refractivity contribution is 5.95. The first-order valence-electron chi connectivity index (χ1n) is 28.7. The number of ether oxygens (including phenoxy) is 2. The van der Waals surface area contributed by atoms with E-state index in [2.05, 4.69) is 243 Å². The zero-order valence-corrected chi connectivity index (χ0v) is 48.7. The Kier molecular flexibility index (Phi) is 15.7. The van der Waals surface area contributed by atoms with Gasteiger partial charge in [-0.2, -0.15) is 0 Å². The van der Waals surface area contributed by atoms with Crippen molar-refractivity contribution in [2.24, 2.45) is 0 Å². The molecule has 0 aliphatic heterocycles. The van der Waals surface area contributed by atoms with Crippen LogP contribution in [0.2, 0.25) is 0 Å². The molecule has 0 fully saturated rings. The minimum absolute atomic E-state index is 0.0343. The molecular formula is C74H86O2. The summed E-state index contributed by atoms with van der Waals surface area (Å²) < 4.78 is 13.5. The molecule has 7 aromatic rings. The lowest BCUT2D eigenvalue weighted by Gasteiger charge is -2.26. The minimum atomic E-state index is 0.0343. The summed E-state index contributed by atoms with van der Waals surface area (Å²) in [7, 11) is 0. The summed E-state index contributed by atoms with van der Waals surface area (Å²) in [6.45, 7) is 33.1. The molecule has 0 N–H and O–H groups in total. The maximum atomic E-state index is 6.77. The van der Waals surface area contributed by atoms with E-state index in [0.29, 0.717) is 13.2 Å². The summed E-state index contributed by atoms with van der Waals surface area (Å²) in [5, 5.41) is 0. The third kappa shape index (κ3) is 11.8. The van der Waals surface area contributed by atoms with Crippen molar-refractivity contribution < 1.29 is 9.47 Å². The molecule has 0 saturated heterocycles. The molecule has 7 aromatic carbocycles. The molecule has 0 radical (unpaired) electrons. The first kappa shape index (κ1) is 54.4. The van der Waals surface area contributed by atoms with Crippen molar-refractivity contribution >= 4 is 23.3 Å². The van der Waals surface area contributed by atoms with Crippen LogP contribution < -0.4 is 9.47 Å². The van der Waals surface area contributed by atoms with Gasteiger partial charge in [0.25, 0.3) is 0 Å². The Labute approximate surface area is 458 Å². The van der Waals surface area contributed by atoms with Crippen molar-refractivity contribution in [3.63, 3.8) is 0 Å². The number of hydrogen-bond acceptors (Lipinski definition) is 2. The van der Waals surface area contributed by atoms with E-state index < -0.39 is 0 Å². The van der Waals surface area contributed by atoms with Crippen LogP contribution in [0.1, 0.15) is 201 Å². The predicted octanol–water partition coefficient (Wildman–Crippen LogP) is 19.9. The Morgan fingerprint density at radius 2 is 0.645 bits per heavy atom. The average Bonchev–Trinajstić information content (AvgIpc) is 3.39. The summed E-state index contributed by atoms with van der Waals surface area (Å²) >= 11 is 0. The minimum Gasteiger partial charge on any atom is -0.493 e. The average molecular weight is 1010 g/mol. The van der Waals surface area contributed by atoms with E-state index in [4.69, 9.17) is 9.47 Å². The van der Waals surface area contributed by atoms with Crippen LogP contribution in [0.5, 0.6) is 11.5 Å². The van der Waals surface area contributed by atoms with Crippen LogP contribution in [0.3, 0.4) is 0 Å². The fourth-order valence-electron chi connectivity index (χ4n) is 11.7. The van der Waals surface area contributed by atoms with Crippen LogP contribution in [0.4, 0.5) is 0 Å². The summed E-state index contributed by atoms with van der Waals surface area (Å²) in [6.07, 6.45) is 13.8. The first-order chi connectivity index (χ1) is 36.1. The van der Waals surface area contributed by atoms with Gasteiger partial charge in [0.15, 0.2) is 0 Å². The third-order valence-electron chi connectivity index (χ3n) is 16.2. The molecule has 394 valence electrons. The Morgan fingerprint density at radius 1 is 0.355 bits per heavy atom. The molecule has 0 unspecified atom stereocenters. The van der Waals surface area contributed by atoms with E-state index in [-0.39, 0.29) is 21.7 Å². The highest BCUT2D eigenvalue weighted by Gasteiger charge is 2.27. The van der Waals surface area contributed by atoms with Gasteiger partial charge in [0.2, 0.25) is 0 Å². The van der Waals surface area contributed by atoms with Crippen LogP contribution in [0, 0.1) is 0 Å². The molecule has 0 aromatic heterocycles. The Balaban J connectivity index is 1.19. The Bertz CT molecular complexity index is 2960. The van der Waals surface area contributed by atoms with Gasteiger partial charge in [0, 0.05) is 11.1 Å². The second kappa shape index (κ2) is 21.9. The van der Waals surface area contributed by atoms with E-state index in [1.807, 2.05) is 0 Å². The zero-order valence-electron chi connectivity index (χ0n) is 48.7. The maximum absolute atomic E-state index is 6.77. The van der Waals surface area contributed by atoms with Gasteiger partial charge in [-0.3, -0.25) is 0 Å². The fraction of sp³-hybridized carbons (Fsp3) is 0.378. The molecule has 0 amide bonds. The summed E-state index contributed by atoms with van der Waals surface area (Å²) in [4.78, 5) is 0. The molecule has 2 nitrogen and oxygen atoms in total. The predicted molar refractivity (Wildman–Crippen MR) is 327 cm³/mol. The topological polar surface area (TPSA) is 18.5 Å². The lowest BCUT2D eigenvalue weighted by Crippen LogP contribution is -2.12. The quantitative estimate of drug-likeness (QED) is 0.114. The van der Waals surface area contributed by atoms with Gasteiger partial charge in [-0.15, -0.1) is 0 Å². The molecule has 2 heteroatoms. The van der Waals surface area contributed by atoms with Crippen molar-refractivity contribution in [2.45, 2.75) is 170 Å². The highest BCUT2D eigenvalue weighted by Crippen LogP contribution is 2.48. The largest absolute Gasteiger partial charge is 0.493 e. The number of benzene rings is 7. The number of rotatable bonds is 12. The number of hydrogen-bond donors (Lipinski definition) is 0. The summed E-state index contributed by atoms with van der Waals surface area (Å²) in [6, 6.07) is 51.1. The van der Waals surface area contributed by atoms with Crippen LogP contribution in [0.15, 0.2) is 133 Å². The lowest BCUT2D eigenvalue weighted by atomic mass is 9.79. The van der Waals surface area contributed by atoms with Crippen molar-refractivity contribution in [3.05, 3.63) is 211 Å². The van der Waals surface area contributed by atoms with E-state index in [0.717, 1.165) is 48.3 Å². The monoisotopic (exact) mass is 1010 g/mol. The normalized spacial score (nSPS) is 13.9. The molecule has 0 atom stereocenters. The molecular weight excluding hydrogens is 921 g/mol. The smallest absolute Gasteiger partial charge is 0.127 e. The highest BCUT2D eigenvalue weighted by atomic mass is 16.5. The van der Waals surface area contributed by atoms with Crippen LogP contribution in [0.25, 0.3) is 45.6 Å². The van der Waals surface area contributed by atoms with Crippen molar-refractivity contribution in [3.8, 4) is 33.8 Å². The van der Waals surface area contributed by atoms with Gasteiger partial charge in [0.1, 0.15) is 11.5 Å². The van der Waals surface area contributed by atoms with Gasteiger partial charge in [-0.05, 0) is 211 Å². The Morgan fingerprint density at radius 3 is 0.921 bits per heavy atom. The standard InChI is InChI=1S/C74H86O2/c1-15-75-69-47-68(64-40-38-54(60-34-18-20-36-62(60)64)46-66(51-27-23-31-57(43-51)73(9,10)11)52-28-24-32-58(44-52)74(12,13)14)70(76-16-2)48-67(69)63-39-37-53(59-33-17-19-35-61(59)63)45-65(49-25-21-29-55(41-49)71(3,4)5)50-26-22-30-56(42-50)72(6,7)8/h21-32,37-48H,15-20,33-36H2,1-14H3. The summed E-state index contributed by atoms with van der Waals surface area (Å²) in [5.41, 5.74) is 26.2. The van der Waals surface area contributed by atoms with Gasteiger partial charge < -0.3 is 9.47 Å². The third-order valence-corrected chi connectivity index (χ3v) is 16.2. The van der Waals surface area contributed by atoms with Gasteiger partial charge >= 0.3 is 0 Å². The SMILES string of the molecule is CCOc1cc(-c2ccc(C=C(c3cccc(C(C)(C)C)c3)c3cccc(C(C)(C)C)c3)c3c2CCCC3)c(OCC)cc1-c1ccc(C=C(c2cccc(C(C)(C)C)c2)c2cccc(C(C)(C)C)c2)c2c1CCCC2. The van der Waals surface area contributed by atoms with Gasteiger partial charge in [0.05, 0.1) is 13.2 Å². The molecule has 0 spiro atoms. The van der Waals surface area contributed by atoms with Crippen molar-refractivity contribution in [2.75, 3.05) is 13.2 Å². The molecule has 9 rings (SSSR count). The molecule has 2 aliphatic carbocycles. The first-order valence-corrected chi connectivity index (χ1v) is 28.7. The number of fused-ring (bicyclic) bond motifs is 2. The molecule has 0 heterocycles. The zero-order chi connectivity index (χ0) is 54.2. The lowest BCUT2D eigenvalue weighted by molar-refractivity contribution is 0.333. The van der Waals surface area contributed by atoms with Crippen molar-refractivity contribution in [1.82, 2.24) is 0 Å². The maximum Gasteiger partial charge on any atom is 0.127 e. The fourth-order valence-corrected chi connectivity index (χ4v) is 11.7. The van der Waals surface area contributed by atoms with Crippen LogP contribution in [-0.4, -0.2) is 13.2 Å². The second-order valence-corrected chi connectivity index (χ2v) is 25.9. The summed E-state index contributed by atoms with van der Waals surface area (Å²) in [5.74, 6) is 1.84. The van der Waals surface area contributed by atoms with Crippen LogP contribution in [-0.2, 0) is 47.3 Å². The molecule has 0 saturated carbocycles. The van der Waals surface area contributed by atoms with Gasteiger partial charge in [-0.1, -0.05) is 204 Å². The van der Waals surface area contributed by atoms with E-state index in [9.17, 15) is 0 Å². The van der Waals surface area contributed by atoms with Gasteiger partial charge in [-0.25, -0.2) is 0 Å². The Hall–Kier alpha value is -6.38. The van der Waals surface area contributed by atoms with E-state index >= 15 is 0 Å². The van der Waals surface area contributed by atoms with Crippen molar-refractivity contribution in [1.29, 1.82) is 0 Å². The molecule has 0 bridgehead atoms. The van der Waals surface area contributed by atoms with Crippen LogP contribution >= 0.6 is 0 Å². The second-order valence-electron chi connectivity index (χ2n) is 25.9. The molecule has 76 heavy (non-hydrogen) atoms. The van der Waals surface area contributed by atoms with E-state index in [1.54, 1.807) is 0 Å². The molecule has 2 aliphatic rings. The van der Waals surface area contributed by atoms with E-state index in [1.165, 1.54) is 126 Å².